The first-order chi connectivity index (χ1) is 6.13. The highest BCUT2D eigenvalue weighted by Crippen LogP contribution is 2.11. The van der Waals surface area contributed by atoms with E-state index in [0.717, 1.165) is 19.5 Å². The molecule has 13 heavy (non-hydrogen) atoms. The summed E-state index contributed by atoms with van der Waals surface area (Å²) in [6, 6.07) is 0. The Bertz CT molecular complexity index is 182. The molecule has 0 aliphatic carbocycles. The van der Waals surface area contributed by atoms with E-state index in [1.807, 2.05) is 23.9 Å². The first-order valence-electron chi connectivity index (χ1n) is 4.58. The molecule has 4 heteroatoms. The number of carbonyl (C=O) groups is 1. The highest BCUT2D eigenvalue weighted by atomic mass is 16.5. The van der Waals surface area contributed by atoms with Crippen molar-refractivity contribution in [3.63, 3.8) is 0 Å². The normalized spacial score (nSPS) is 22.8. The van der Waals surface area contributed by atoms with Crippen molar-refractivity contribution in [2.75, 3.05) is 40.8 Å². The summed E-state index contributed by atoms with van der Waals surface area (Å²) in [5.74, 6) is 0.199. The molecule has 1 saturated heterocycles. The van der Waals surface area contributed by atoms with Crippen LogP contribution in [0.2, 0.25) is 0 Å². The van der Waals surface area contributed by atoms with Crippen LogP contribution in [-0.4, -0.2) is 62.7 Å². The monoisotopic (exact) mass is 186 g/mol. The van der Waals surface area contributed by atoms with E-state index in [2.05, 4.69) is 0 Å². The summed E-state index contributed by atoms with van der Waals surface area (Å²) >= 11 is 0. The maximum Gasteiger partial charge on any atom is 0.236 e. The lowest BCUT2D eigenvalue weighted by molar-refractivity contribution is -0.131. The number of carbonyl (C=O) groups excluding carboxylic acids is 1. The second-order valence-electron chi connectivity index (χ2n) is 3.72. The fraction of sp³-hybridized carbons (Fsp3) is 0.889. The van der Waals surface area contributed by atoms with Crippen molar-refractivity contribution >= 4 is 5.91 Å². The molecule has 0 aromatic heterocycles. The number of ether oxygens (including phenoxy) is 1. The predicted molar refractivity (Wildman–Crippen MR) is 50.5 cm³/mol. The number of amides is 1. The predicted octanol–water partition coefficient (Wildman–Crippen LogP) is -0.205. The number of hydrogen-bond acceptors (Lipinski definition) is 3. The lowest BCUT2D eigenvalue weighted by Gasteiger charge is -2.18. The van der Waals surface area contributed by atoms with Gasteiger partial charge in [0, 0.05) is 20.2 Å². The summed E-state index contributed by atoms with van der Waals surface area (Å²) in [6.07, 6.45) is 1.21. The van der Waals surface area contributed by atoms with Crippen molar-refractivity contribution in [2.45, 2.75) is 12.5 Å². The summed E-state index contributed by atoms with van der Waals surface area (Å²) in [5, 5.41) is 0. The van der Waals surface area contributed by atoms with Gasteiger partial charge in [-0.15, -0.1) is 0 Å². The van der Waals surface area contributed by atoms with Gasteiger partial charge in [-0.05, 0) is 20.5 Å². The van der Waals surface area contributed by atoms with Crippen molar-refractivity contribution in [2.24, 2.45) is 0 Å². The zero-order valence-electron chi connectivity index (χ0n) is 8.62. The maximum absolute atomic E-state index is 11.5. The highest BCUT2D eigenvalue weighted by molar-refractivity contribution is 5.78. The van der Waals surface area contributed by atoms with E-state index in [0.29, 0.717) is 6.54 Å². The van der Waals surface area contributed by atoms with Crippen LogP contribution in [0.15, 0.2) is 0 Å². The Balaban J connectivity index is 2.33. The van der Waals surface area contributed by atoms with Gasteiger partial charge in [-0.3, -0.25) is 4.79 Å². The molecular formula is C9H18N2O2. The minimum atomic E-state index is 0.199. The summed E-state index contributed by atoms with van der Waals surface area (Å²) in [4.78, 5) is 15.3. The Kier molecular flexibility index (Phi) is 3.69. The minimum absolute atomic E-state index is 0.199. The van der Waals surface area contributed by atoms with Gasteiger partial charge in [0.1, 0.15) is 0 Å². The van der Waals surface area contributed by atoms with Crippen LogP contribution >= 0.6 is 0 Å². The molecule has 1 rings (SSSR count). The van der Waals surface area contributed by atoms with E-state index in [-0.39, 0.29) is 12.0 Å². The molecule has 1 amide bonds. The molecule has 1 atom stereocenters. The number of likely N-dealkylation sites (N-methyl/N-ethyl adjacent to an activating group) is 1. The van der Waals surface area contributed by atoms with E-state index in [1.165, 1.54) is 0 Å². The smallest absolute Gasteiger partial charge is 0.236 e. The van der Waals surface area contributed by atoms with Gasteiger partial charge < -0.3 is 14.5 Å². The Hall–Kier alpha value is -0.610. The van der Waals surface area contributed by atoms with E-state index in [1.54, 1.807) is 7.11 Å². The van der Waals surface area contributed by atoms with Crippen LogP contribution in [0.25, 0.3) is 0 Å². The Morgan fingerprint density at radius 3 is 2.77 bits per heavy atom. The van der Waals surface area contributed by atoms with E-state index in [4.69, 9.17) is 4.74 Å². The van der Waals surface area contributed by atoms with Crippen molar-refractivity contribution in [3.05, 3.63) is 0 Å². The number of methoxy groups -OCH3 is 1. The van der Waals surface area contributed by atoms with Gasteiger partial charge in [0.05, 0.1) is 12.6 Å². The van der Waals surface area contributed by atoms with Crippen LogP contribution in [0.3, 0.4) is 0 Å². The molecule has 0 bridgehead atoms. The molecular weight excluding hydrogens is 168 g/mol. The molecule has 0 spiro atoms. The van der Waals surface area contributed by atoms with Crippen molar-refractivity contribution < 1.29 is 9.53 Å². The van der Waals surface area contributed by atoms with Crippen LogP contribution in [0.5, 0.6) is 0 Å². The molecule has 0 aromatic rings. The third kappa shape index (κ3) is 2.97. The second kappa shape index (κ2) is 4.58. The van der Waals surface area contributed by atoms with Crippen LogP contribution in [0.4, 0.5) is 0 Å². The molecule has 1 aliphatic heterocycles. The summed E-state index contributed by atoms with van der Waals surface area (Å²) in [7, 11) is 5.51. The van der Waals surface area contributed by atoms with Crippen molar-refractivity contribution in [1.29, 1.82) is 0 Å². The summed E-state index contributed by atoms with van der Waals surface area (Å²) in [6.45, 7) is 2.09. The van der Waals surface area contributed by atoms with Crippen LogP contribution in [0, 0.1) is 0 Å². The van der Waals surface area contributed by atoms with Gasteiger partial charge in [0.25, 0.3) is 0 Å². The third-order valence-electron chi connectivity index (χ3n) is 2.28. The first-order valence-corrected chi connectivity index (χ1v) is 4.58. The molecule has 0 aromatic carbocycles. The first kappa shape index (κ1) is 10.5. The number of rotatable bonds is 3. The van der Waals surface area contributed by atoms with Crippen molar-refractivity contribution in [3.8, 4) is 0 Å². The second-order valence-corrected chi connectivity index (χ2v) is 3.72. The summed E-state index contributed by atoms with van der Waals surface area (Å²) in [5.41, 5.74) is 0. The number of likely N-dealkylation sites (tertiary alicyclic amines) is 1. The molecule has 0 unspecified atom stereocenters. The number of nitrogens with zero attached hydrogens (tertiary/aromatic N) is 2. The zero-order valence-corrected chi connectivity index (χ0v) is 8.62. The average Bonchev–Trinajstić information content (AvgIpc) is 2.50. The fourth-order valence-corrected chi connectivity index (χ4v) is 1.52. The van der Waals surface area contributed by atoms with Gasteiger partial charge in [0.15, 0.2) is 0 Å². The van der Waals surface area contributed by atoms with Gasteiger partial charge >= 0.3 is 0 Å². The van der Waals surface area contributed by atoms with Crippen LogP contribution in [-0.2, 0) is 9.53 Å². The van der Waals surface area contributed by atoms with Gasteiger partial charge in [-0.2, -0.15) is 0 Å². The van der Waals surface area contributed by atoms with Gasteiger partial charge in [0.2, 0.25) is 5.91 Å². The molecule has 76 valence electrons. The average molecular weight is 186 g/mol. The van der Waals surface area contributed by atoms with Crippen molar-refractivity contribution in [1.82, 2.24) is 9.80 Å². The quantitative estimate of drug-likeness (QED) is 0.611. The van der Waals surface area contributed by atoms with Crippen LogP contribution in [0.1, 0.15) is 6.42 Å². The molecule has 4 nitrogen and oxygen atoms in total. The van der Waals surface area contributed by atoms with E-state index < -0.39 is 0 Å². The lowest BCUT2D eigenvalue weighted by atomic mass is 10.3. The topological polar surface area (TPSA) is 32.8 Å². The Morgan fingerprint density at radius 1 is 1.62 bits per heavy atom. The largest absolute Gasteiger partial charge is 0.380 e. The van der Waals surface area contributed by atoms with Gasteiger partial charge in [-0.25, -0.2) is 0 Å². The van der Waals surface area contributed by atoms with Crippen LogP contribution < -0.4 is 0 Å². The minimum Gasteiger partial charge on any atom is -0.380 e. The highest BCUT2D eigenvalue weighted by Gasteiger charge is 2.25. The standard InChI is InChI=1S/C9H18N2O2/c1-10(2)7-9(12)11-5-4-8(6-11)13-3/h8H,4-7H2,1-3H3/t8-/m0/s1. The maximum atomic E-state index is 11.5. The molecule has 1 heterocycles. The summed E-state index contributed by atoms with van der Waals surface area (Å²) < 4.78 is 5.19. The molecule has 1 aliphatic rings. The molecule has 0 radical (unpaired) electrons. The van der Waals surface area contributed by atoms with E-state index in [9.17, 15) is 4.79 Å². The third-order valence-corrected chi connectivity index (χ3v) is 2.28. The SMILES string of the molecule is CO[C@H]1CCN(C(=O)CN(C)C)C1. The van der Waals surface area contributed by atoms with E-state index >= 15 is 0 Å². The van der Waals surface area contributed by atoms with Gasteiger partial charge in [-0.1, -0.05) is 0 Å². The lowest BCUT2D eigenvalue weighted by Crippen LogP contribution is -2.36. The Labute approximate surface area is 79.4 Å². The molecule has 0 saturated carbocycles. The molecule has 1 fully saturated rings. The Morgan fingerprint density at radius 2 is 2.31 bits per heavy atom. The fourth-order valence-electron chi connectivity index (χ4n) is 1.52. The number of hydrogen-bond donors (Lipinski definition) is 0. The molecule has 0 N–H and O–H groups in total. The zero-order chi connectivity index (χ0) is 9.84.